The molecule has 168 valence electrons. The monoisotopic (exact) mass is 454 g/mol. The van der Waals surface area contributed by atoms with Crippen molar-refractivity contribution in [1.29, 1.82) is 0 Å². The average Bonchev–Trinajstić information content (AvgIpc) is 3.23. The quantitative estimate of drug-likeness (QED) is 0.478. The van der Waals surface area contributed by atoms with Crippen LogP contribution in [0.25, 0.3) is 20.8 Å². The number of likely N-dealkylation sites (tertiary alicyclic amines) is 1. The van der Waals surface area contributed by atoms with Crippen molar-refractivity contribution in [2.45, 2.75) is 37.6 Å². The maximum atomic E-state index is 13.3. The first-order valence-corrected chi connectivity index (χ1v) is 11.9. The third-order valence-corrected chi connectivity index (χ3v) is 7.29. The lowest BCUT2D eigenvalue weighted by molar-refractivity contribution is 0.131. The summed E-state index contributed by atoms with van der Waals surface area (Å²) in [4.78, 5) is 38.5. The summed E-state index contributed by atoms with van der Waals surface area (Å²) >= 11 is 1.49. The largest absolute Gasteiger partial charge is 0.465 e. The van der Waals surface area contributed by atoms with Gasteiger partial charge in [0.25, 0.3) is 5.56 Å². The van der Waals surface area contributed by atoms with Crippen LogP contribution in [0, 0.1) is 0 Å². The number of rotatable bonds is 4. The molecule has 2 aliphatic rings. The molecular weight excluding hydrogens is 428 g/mol. The van der Waals surface area contributed by atoms with Crippen molar-refractivity contribution in [2.24, 2.45) is 0 Å². The molecule has 2 aliphatic heterocycles. The van der Waals surface area contributed by atoms with E-state index in [2.05, 4.69) is 15.6 Å². The van der Waals surface area contributed by atoms with Crippen LogP contribution in [-0.4, -0.2) is 63.3 Å². The highest BCUT2D eigenvalue weighted by Crippen LogP contribution is 2.33. The van der Waals surface area contributed by atoms with Gasteiger partial charge in [-0.15, -0.1) is 11.3 Å². The molecule has 3 aromatic rings. The predicted octanol–water partition coefficient (Wildman–Crippen LogP) is 3.07. The van der Waals surface area contributed by atoms with Crippen LogP contribution in [0.5, 0.6) is 0 Å². The Morgan fingerprint density at radius 1 is 1.19 bits per heavy atom. The van der Waals surface area contributed by atoms with Gasteiger partial charge in [0.05, 0.1) is 10.2 Å². The number of H-pyrrole nitrogens is 1. The van der Waals surface area contributed by atoms with E-state index in [1.807, 2.05) is 24.3 Å². The number of aromatic nitrogens is 3. The summed E-state index contributed by atoms with van der Waals surface area (Å²) in [7, 11) is 0. The number of nitrogens with zero attached hydrogens (tertiary/aromatic N) is 3. The van der Waals surface area contributed by atoms with E-state index in [1.165, 1.54) is 16.2 Å². The first-order valence-electron chi connectivity index (χ1n) is 11.0. The van der Waals surface area contributed by atoms with Gasteiger partial charge in [0.1, 0.15) is 22.2 Å². The van der Waals surface area contributed by atoms with E-state index < -0.39 is 6.09 Å². The van der Waals surface area contributed by atoms with Crippen molar-refractivity contribution >= 4 is 33.5 Å². The van der Waals surface area contributed by atoms with Crippen molar-refractivity contribution in [3.8, 4) is 10.6 Å². The zero-order valence-electron chi connectivity index (χ0n) is 17.6. The standard InChI is InChI=1S/C22H26N6O3S/c29-20-17(21-25-15-5-1-2-6-16(15)32-21)19(24-14-4-3-9-23-12-14)26-18(27-20)13-7-10-28(11-8-13)22(30)31/h1-2,5-6,13-14,23H,3-4,7-12H2,(H,30,31)(H2,24,26,27,29). The molecule has 0 bridgehead atoms. The summed E-state index contributed by atoms with van der Waals surface area (Å²) in [5.41, 5.74) is 1.13. The smallest absolute Gasteiger partial charge is 0.407 e. The number of aromatic amines is 1. The molecular formula is C22H26N6O3S. The van der Waals surface area contributed by atoms with Crippen LogP contribution in [0.3, 0.4) is 0 Å². The summed E-state index contributed by atoms with van der Waals surface area (Å²) in [6.45, 7) is 2.70. The molecule has 1 atom stereocenters. The van der Waals surface area contributed by atoms with Crippen LogP contribution in [0.4, 0.5) is 10.6 Å². The van der Waals surface area contributed by atoms with E-state index in [-0.39, 0.29) is 17.5 Å². The second kappa shape index (κ2) is 8.87. The van der Waals surface area contributed by atoms with Crippen LogP contribution in [-0.2, 0) is 0 Å². The van der Waals surface area contributed by atoms with E-state index in [0.717, 1.165) is 36.1 Å². The summed E-state index contributed by atoms with van der Waals surface area (Å²) in [5, 5.41) is 16.8. The van der Waals surface area contributed by atoms with Crippen molar-refractivity contribution < 1.29 is 9.90 Å². The Balaban J connectivity index is 1.52. The van der Waals surface area contributed by atoms with E-state index in [9.17, 15) is 14.7 Å². The molecule has 0 saturated carbocycles. The van der Waals surface area contributed by atoms with Gasteiger partial charge in [-0.3, -0.25) is 4.79 Å². The van der Waals surface area contributed by atoms with Gasteiger partial charge in [-0.25, -0.2) is 14.8 Å². The van der Waals surface area contributed by atoms with Crippen LogP contribution in [0.2, 0.25) is 0 Å². The number of nitrogens with one attached hydrogen (secondary N) is 3. The number of benzene rings is 1. The number of para-hydroxylation sites is 1. The predicted molar refractivity (Wildman–Crippen MR) is 125 cm³/mol. The normalized spacial score (nSPS) is 19.9. The van der Waals surface area contributed by atoms with E-state index in [4.69, 9.17) is 9.97 Å². The minimum Gasteiger partial charge on any atom is -0.465 e. The number of thiazole rings is 1. The van der Waals surface area contributed by atoms with Crippen molar-refractivity contribution in [3.05, 3.63) is 40.4 Å². The molecule has 2 aromatic heterocycles. The summed E-state index contributed by atoms with van der Waals surface area (Å²) in [6, 6.07) is 8.04. The summed E-state index contributed by atoms with van der Waals surface area (Å²) in [6.07, 6.45) is 2.45. The van der Waals surface area contributed by atoms with Gasteiger partial charge in [-0.1, -0.05) is 12.1 Å². The van der Waals surface area contributed by atoms with Crippen LogP contribution in [0.15, 0.2) is 29.1 Å². The number of carbonyl (C=O) groups is 1. The van der Waals surface area contributed by atoms with Crippen LogP contribution < -0.4 is 16.2 Å². The van der Waals surface area contributed by atoms with Gasteiger partial charge in [0.2, 0.25) is 0 Å². The Kier molecular flexibility index (Phi) is 5.79. The van der Waals surface area contributed by atoms with Crippen LogP contribution >= 0.6 is 11.3 Å². The molecule has 10 heteroatoms. The molecule has 4 heterocycles. The molecule has 0 radical (unpaired) electrons. The zero-order chi connectivity index (χ0) is 22.1. The highest BCUT2D eigenvalue weighted by molar-refractivity contribution is 7.21. The van der Waals surface area contributed by atoms with E-state index in [0.29, 0.717) is 48.1 Å². The Morgan fingerprint density at radius 3 is 2.72 bits per heavy atom. The van der Waals surface area contributed by atoms with Gasteiger partial charge >= 0.3 is 6.09 Å². The molecule has 1 aromatic carbocycles. The van der Waals surface area contributed by atoms with Crippen LogP contribution in [0.1, 0.15) is 37.4 Å². The number of fused-ring (bicyclic) bond motifs is 1. The number of hydrogen-bond acceptors (Lipinski definition) is 7. The minimum atomic E-state index is -0.900. The molecule has 0 aliphatic carbocycles. The second-order valence-electron chi connectivity index (χ2n) is 8.39. The maximum Gasteiger partial charge on any atom is 0.407 e. The maximum absolute atomic E-state index is 13.3. The average molecular weight is 455 g/mol. The summed E-state index contributed by atoms with van der Waals surface area (Å²) < 4.78 is 1.03. The van der Waals surface area contributed by atoms with Crippen molar-refractivity contribution in [2.75, 3.05) is 31.5 Å². The number of carboxylic acid groups (broad SMARTS) is 1. The van der Waals surface area contributed by atoms with Crippen molar-refractivity contribution in [3.63, 3.8) is 0 Å². The minimum absolute atomic E-state index is 0.0211. The molecule has 1 unspecified atom stereocenters. The van der Waals surface area contributed by atoms with Gasteiger partial charge in [-0.05, 0) is 44.4 Å². The SMILES string of the molecule is O=C(O)N1CCC(c2nc(NC3CCCNC3)c(-c3nc4ccccc4s3)c(=O)[nH]2)CC1. The second-order valence-corrected chi connectivity index (χ2v) is 9.42. The lowest BCUT2D eigenvalue weighted by Crippen LogP contribution is -2.39. The highest BCUT2D eigenvalue weighted by atomic mass is 32.1. The first kappa shape index (κ1) is 20.9. The fourth-order valence-electron chi connectivity index (χ4n) is 4.48. The topological polar surface area (TPSA) is 123 Å². The number of anilines is 1. The number of hydrogen-bond donors (Lipinski definition) is 4. The van der Waals surface area contributed by atoms with Gasteiger partial charge in [0.15, 0.2) is 0 Å². The third kappa shape index (κ3) is 4.20. The molecule has 0 spiro atoms. The molecule has 9 nitrogen and oxygen atoms in total. The Bertz CT molecular complexity index is 1140. The van der Waals surface area contributed by atoms with E-state index in [1.54, 1.807) is 0 Å². The third-order valence-electron chi connectivity index (χ3n) is 6.24. The molecule has 5 rings (SSSR count). The molecule has 2 saturated heterocycles. The van der Waals surface area contributed by atoms with E-state index >= 15 is 0 Å². The summed E-state index contributed by atoms with van der Waals surface area (Å²) in [5.74, 6) is 1.21. The lowest BCUT2D eigenvalue weighted by Gasteiger charge is -2.30. The highest BCUT2D eigenvalue weighted by Gasteiger charge is 2.28. The van der Waals surface area contributed by atoms with Gasteiger partial charge in [0, 0.05) is 31.6 Å². The fourth-order valence-corrected chi connectivity index (χ4v) is 5.49. The number of amides is 1. The fraction of sp³-hybridized carbons (Fsp3) is 0.455. The lowest BCUT2D eigenvalue weighted by atomic mass is 9.96. The Morgan fingerprint density at radius 2 is 2.00 bits per heavy atom. The Labute approximate surface area is 188 Å². The molecule has 1 amide bonds. The molecule has 32 heavy (non-hydrogen) atoms. The first-order chi connectivity index (χ1) is 15.6. The van der Waals surface area contributed by atoms with Gasteiger partial charge in [-0.2, -0.15) is 0 Å². The van der Waals surface area contributed by atoms with Crippen molar-refractivity contribution in [1.82, 2.24) is 25.2 Å². The zero-order valence-corrected chi connectivity index (χ0v) is 18.5. The van der Waals surface area contributed by atoms with Gasteiger partial charge < -0.3 is 25.6 Å². The Hall–Kier alpha value is -2.98. The molecule has 2 fully saturated rings. The number of piperidine rings is 2. The molecule has 4 N–H and O–H groups in total.